The third-order valence-electron chi connectivity index (χ3n) is 5.09. The quantitative estimate of drug-likeness (QED) is 0.621. The molecule has 0 bridgehead atoms. The third-order valence-corrected chi connectivity index (χ3v) is 5.09. The van der Waals surface area contributed by atoms with Crippen molar-refractivity contribution in [2.75, 3.05) is 21.1 Å². The summed E-state index contributed by atoms with van der Waals surface area (Å²) < 4.78 is 1.94. The molecule has 0 N–H and O–H groups in total. The van der Waals surface area contributed by atoms with E-state index in [0.29, 0.717) is 24.4 Å². The number of aromatic nitrogens is 2. The molecule has 0 saturated carbocycles. The van der Waals surface area contributed by atoms with Crippen molar-refractivity contribution in [3.05, 3.63) is 59.4 Å². The van der Waals surface area contributed by atoms with Crippen molar-refractivity contribution in [3.8, 4) is 11.3 Å². The number of rotatable bonds is 6. The minimum absolute atomic E-state index is 0.0716. The average Bonchev–Trinajstić information content (AvgIpc) is 3.05. The van der Waals surface area contributed by atoms with E-state index >= 15 is 0 Å². The molecule has 158 valence electrons. The zero-order valence-electron chi connectivity index (χ0n) is 18.6. The van der Waals surface area contributed by atoms with Gasteiger partial charge in [0.1, 0.15) is 5.65 Å². The van der Waals surface area contributed by atoms with Crippen molar-refractivity contribution in [3.63, 3.8) is 0 Å². The van der Waals surface area contributed by atoms with Crippen molar-refractivity contribution in [1.29, 1.82) is 0 Å². The summed E-state index contributed by atoms with van der Waals surface area (Å²) in [5.41, 5.74) is 5.21. The Morgan fingerprint density at radius 1 is 1.03 bits per heavy atom. The highest BCUT2D eigenvalue weighted by Crippen LogP contribution is 2.27. The SMILES string of the molecule is Cc1ccc(-c2nc3ccc(C(=O)N(C)C)cn3c2CN(C)C(=O)CC(C)C)cc1. The molecule has 2 aromatic heterocycles. The Morgan fingerprint density at radius 3 is 2.30 bits per heavy atom. The van der Waals surface area contributed by atoms with E-state index < -0.39 is 0 Å². The van der Waals surface area contributed by atoms with E-state index in [4.69, 9.17) is 4.98 Å². The molecule has 0 unspecified atom stereocenters. The van der Waals surface area contributed by atoms with Crippen molar-refractivity contribution in [2.24, 2.45) is 5.92 Å². The number of carbonyl (C=O) groups excluding carboxylic acids is 2. The largest absolute Gasteiger partial charge is 0.345 e. The number of fused-ring (bicyclic) bond motifs is 1. The summed E-state index contributed by atoms with van der Waals surface area (Å²) in [6, 6.07) is 11.8. The summed E-state index contributed by atoms with van der Waals surface area (Å²) in [6.45, 7) is 6.54. The highest BCUT2D eigenvalue weighted by Gasteiger charge is 2.20. The van der Waals surface area contributed by atoms with Gasteiger partial charge in [0.25, 0.3) is 5.91 Å². The standard InChI is InChI=1S/C24H30N4O2/c1-16(2)13-22(29)27(6)15-20-23(18-9-7-17(3)8-10-18)25-21-12-11-19(14-28(20)21)24(30)26(4)5/h7-12,14,16H,13,15H2,1-6H3. The van der Waals surface area contributed by atoms with Gasteiger partial charge in [-0.3, -0.25) is 9.59 Å². The highest BCUT2D eigenvalue weighted by atomic mass is 16.2. The number of hydrogen-bond donors (Lipinski definition) is 0. The second-order valence-corrected chi connectivity index (χ2v) is 8.47. The van der Waals surface area contributed by atoms with Crippen LogP contribution in [0.15, 0.2) is 42.6 Å². The fraction of sp³-hybridized carbons (Fsp3) is 0.375. The van der Waals surface area contributed by atoms with Crippen LogP contribution in [0.3, 0.4) is 0 Å². The second kappa shape index (κ2) is 8.69. The maximum atomic E-state index is 12.6. The Labute approximate surface area is 178 Å². The molecular formula is C24H30N4O2. The van der Waals surface area contributed by atoms with Gasteiger partial charge < -0.3 is 14.2 Å². The van der Waals surface area contributed by atoms with Crippen LogP contribution in [0.1, 0.15) is 41.9 Å². The molecule has 2 amide bonds. The van der Waals surface area contributed by atoms with Gasteiger partial charge in [-0.05, 0) is 25.0 Å². The maximum Gasteiger partial charge on any atom is 0.254 e. The summed E-state index contributed by atoms with van der Waals surface area (Å²) in [5, 5.41) is 0. The molecule has 0 saturated heterocycles. The third kappa shape index (κ3) is 4.53. The van der Waals surface area contributed by atoms with Crippen LogP contribution in [0, 0.1) is 12.8 Å². The van der Waals surface area contributed by atoms with Gasteiger partial charge in [-0.25, -0.2) is 4.98 Å². The van der Waals surface area contributed by atoms with Gasteiger partial charge in [0.05, 0.1) is 23.5 Å². The molecule has 30 heavy (non-hydrogen) atoms. The van der Waals surface area contributed by atoms with Crippen LogP contribution in [-0.2, 0) is 11.3 Å². The van der Waals surface area contributed by atoms with Gasteiger partial charge in [0.2, 0.25) is 5.91 Å². The topological polar surface area (TPSA) is 57.9 Å². The summed E-state index contributed by atoms with van der Waals surface area (Å²) in [4.78, 5) is 33.2. The minimum Gasteiger partial charge on any atom is -0.345 e. The number of amides is 2. The monoisotopic (exact) mass is 406 g/mol. The second-order valence-electron chi connectivity index (χ2n) is 8.47. The van der Waals surface area contributed by atoms with Crippen molar-refractivity contribution >= 4 is 17.5 Å². The highest BCUT2D eigenvalue weighted by molar-refractivity contribution is 5.94. The number of imidazole rings is 1. The van der Waals surface area contributed by atoms with Crippen molar-refractivity contribution in [2.45, 2.75) is 33.7 Å². The van der Waals surface area contributed by atoms with Gasteiger partial charge in [0, 0.05) is 39.3 Å². The predicted molar refractivity (Wildman–Crippen MR) is 119 cm³/mol. The van der Waals surface area contributed by atoms with E-state index in [-0.39, 0.29) is 11.8 Å². The lowest BCUT2D eigenvalue weighted by Crippen LogP contribution is -2.28. The van der Waals surface area contributed by atoms with Gasteiger partial charge in [-0.15, -0.1) is 0 Å². The summed E-state index contributed by atoms with van der Waals surface area (Å²) in [7, 11) is 5.28. The molecule has 1 aromatic carbocycles. The molecule has 2 heterocycles. The minimum atomic E-state index is -0.0716. The van der Waals surface area contributed by atoms with Gasteiger partial charge in [-0.2, -0.15) is 0 Å². The summed E-state index contributed by atoms with van der Waals surface area (Å²) >= 11 is 0. The Balaban J connectivity index is 2.11. The van der Waals surface area contributed by atoms with E-state index in [1.165, 1.54) is 5.56 Å². The van der Waals surface area contributed by atoms with Crippen LogP contribution in [0.2, 0.25) is 0 Å². The fourth-order valence-corrected chi connectivity index (χ4v) is 3.39. The molecule has 0 radical (unpaired) electrons. The normalized spacial score (nSPS) is 11.2. The first-order valence-electron chi connectivity index (χ1n) is 10.2. The van der Waals surface area contributed by atoms with Crippen molar-refractivity contribution < 1.29 is 9.59 Å². The average molecular weight is 407 g/mol. The number of carbonyl (C=O) groups is 2. The van der Waals surface area contributed by atoms with Gasteiger partial charge >= 0.3 is 0 Å². The molecule has 6 nitrogen and oxygen atoms in total. The number of aryl methyl sites for hydroxylation is 1. The van der Waals surface area contributed by atoms with Crippen LogP contribution in [-0.4, -0.2) is 52.1 Å². The molecular weight excluding hydrogens is 376 g/mol. The lowest BCUT2D eigenvalue weighted by molar-refractivity contribution is -0.131. The lowest BCUT2D eigenvalue weighted by Gasteiger charge is -2.19. The van der Waals surface area contributed by atoms with Crippen LogP contribution in [0.4, 0.5) is 0 Å². The summed E-state index contributed by atoms with van der Waals surface area (Å²) in [5.74, 6) is 0.316. The molecule has 3 aromatic rings. The van der Waals surface area contributed by atoms with E-state index in [9.17, 15) is 9.59 Å². The van der Waals surface area contributed by atoms with E-state index in [2.05, 4.69) is 12.1 Å². The number of pyridine rings is 1. The van der Waals surface area contributed by atoms with Crippen LogP contribution in [0.5, 0.6) is 0 Å². The molecule has 0 atom stereocenters. The molecule has 3 rings (SSSR count). The van der Waals surface area contributed by atoms with Gasteiger partial charge in [-0.1, -0.05) is 43.7 Å². The van der Waals surface area contributed by atoms with Crippen LogP contribution < -0.4 is 0 Å². The molecule has 0 spiro atoms. The Bertz CT molecular complexity index is 1060. The predicted octanol–water partition coefficient (Wildman–Crippen LogP) is 4.02. The van der Waals surface area contributed by atoms with Crippen molar-refractivity contribution in [1.82, 2.24) is 19.2 Å². The molecule has 0 aliphatic carbocycles. The molecule has 6 heteroatoms. The summed E-state index contributed by atoms with van der Waals surface area (Å²) in [6.07, 6.45) is 2.32. The van der Waals surface area contributed by atoms with Crippen LogP contribution >= 0.6 is 0 Å². The maximum absolute atomic E-state index is 12.6. The molecule has 0 aliphatic rings. The lowest BCUT2D eigenvalue weighted by atomic mass is 10.1. The Morgan fingerprint density at radius 2 is 1.70 bits per heavy atom. The van der Waals surface area contributed by atoms with Crippen LogP contribution in [0.25, 0.3) is 16.9 Å². The van der Waals surface area contributed by atoms with E-state index in [1.807, 2.05) is 56.6 Å². The van der Waals surface area contributed by atoms with E-state index in [0.717, 1.165) is 22.6 Å². The number of benzene rings is 1. The molecule has 0 fully saturated rings. The first-order valence-corrected chi connectivity index (χ1v) is 10.2. The van der Waals surface area contributed by atoms with Gasteiger partial charge in [0.15, 0.2) is 0 Å². The first kappa shape index (κ1) is 21.6. The number of nitrogens with zero attached hydrogens (tertiary/aromatic N) is 4. The smallest absolute Gasteiger partial charge is 0.254 e. The number of hydrogen-bond acceptors (Lipinski definition) is 3. The Hall–Kier alpha value is -3.15. The zero-order valence-corrected chi connectivity index (χ0v) is 18.6. The fourth-order valence-electron chi connectivity index (χ4n) is 3.39. The first-order chi connectivity index (χ1) is 14.2. The Kier molecular flexibility index (Phi) is 6.25. The zero-order chi connectivity index (χ0) is 22.0. The van der Waals surface area contributed by atoms with E-state index in [1.54, 1.807) is 30.0 Å². The molecule has 0 aliphatic heterocycles.